The zero-order valence-corrected chi connectivity index (χ0v) is 15.0. The van der Waals surface area contributed by atoms with Gasteiger partial charge < -0.3 is 5.32 Å². The molecule has 1 N–H and O–H groups in total. The third-order valence-corrected chi connectivity index (χ3v) is 5.23. The lowest BCUT2D eigenvalue weighted by atomic mass is 9.87. The second-order valence-corrected chi connectivity index (χ2v) is 7.20. The summed E-state index contributed by atoms with van der Waals surface area (Å²) in [5.74, 6) is 1.54. The molecule has 1 fully saturated rings. The molecule has 0 atom stereocenters. The van der Waals surface area contributed by atoms with Gasteiger partial charge in [-0.15, -0.1) is 0 Å². The molecule has 0 aromatic carbocycles. The van der Waals surface area contributed by atoms with Crippen molar-refractivity contribution in [1.29, 1.82) is 0 Å². The average molecular weight is 386 g/mol. The van der Waals surface area contributed by atoms with E-state index in [-0.39, 0.29) is 0 Å². The van der Waals surface area contributed by atoms with Gasteiger partial charge in [0, 0.05) is 36.6 Å². The van der Waals surface area contributed by atoms with E-state index in [2.05, 4.69) is 43.5 Å². The molecule has 3 aromatic heterocycles. The lowest BCUT2D eigenvalue weighted by molar-refractivity contribution is 0.437. The van der Waals surface area contributed by atoms with Crippen LogP contribution in [-0.4, -0.2) is 19.6 Å². The molecule has 0 radical (unpaired) electrons. The highest BCUT2D eigenvalue weighted by atomic mass is 79.9. The second-order valence-electron chi connectivity index (χ2n) is 6.34. The van der Waals surface area contributed by atoms with Crippen LogP contribution in [-0.2, 0) is 6.54 Å². The van der Waals surface area contributed by atoms with Crippen LogP contribution >= 0.6 is 15.9 Å². The van der Waals surface area contributed by atoms with Crippen LogP contribution < -0.4 is 5.32 Å². The molecule has 0 saturated heterocycles. The number of fused-ring (bicyclic) bond motifs is 1. The van der Waals surface area contributed by atoms with Crippen LogP contribution in [0.5, 0.6) is 0 Å². The largest absolute Gasteiger partial charge is 0.366 e. The third kappa shape index (κ3) is 3.15. The van der Waals surface area contributed by atoms with E-state index in [1.54, 1.807) is 6.20 Å². The van der Waals surface area contributed by atoms with Crippen molar-refractivity contribution in [1.82, 2.24) is 19.6 Å². The van der Waals surface area contributed by atoms with Crippen molar-refractivity contribution in [2.24, 2.45) is 0 Å². The van der Waals surface area contributed by atoms with Crippen molar-refractivity contribution < 1.29 is 0 Å². The Bertz CT molecular complexity index is 824. The molecule has 4 rings (SSSR count). The van der Waals surface area contributed by atoms with Crippen molar-refractivity contribution >= 4 is 27.4 Å². The Kier molecular flexibility index (Phi) is 4.47. The molecule has 24 heavy (non-hydrogen) atoms. The third-order valence-electron chi connectivity index (χ3n) is 4.67. The normalized spacial score (nSPS) is 15.7. The molecule has 1 aliphatic carbocycles. The van der Waals surface area contributed by atoms with E-state index < -0.39 is 0 Å². The number of anilines is 1. The van der Waals surface area contributed by atoms with Gasteiger partial charge in [-0.1, -0.05) is 25.3 Å². The SMILES string of the molecule is Brc1cnn2c(NCc3cccnc3)cc(C3CCCCC3)nc12. The zero-order valence-electron chi connectivity index (χ0n) is 13.5. The van der Waals surface area contributed by atoms with Crippen LogP contribution in [0.3, 0.4) is 0 Å². The number of nitrogens with zero attached hydrogens (tertiary/aromatic N) is 4. The van der Waals surface area contributed by atoms with E-state index in [0.29, 0.717) is 12.5 Å². The quantitative estimate of drug-likeness (QED) is 0.715. The Labute approximate surface area is 149 Å². The van der Waals surface area contributed by atoms with Crippen molar-refractivity contribution in [3.63, 3.8) is 0 Å². The van der Waals surface area contributed by atoms with Crippen LogP contribution in [0.1, 0.15) is 49.3 Å². The van der Waals surface area contributed by atoms with Crippen molar-refractivity contribution in [3.05, 3.63) is 52.5 Å². The molecule has 5 nitrogen and oxygen atoms in total. The summed E-state index contributed by atoms with van der Waals surface area (Å²) in [7, 11) is 0. The van der Waals surface area contributed by atoms with Gasteiger partial charge in [0.1, 0.15) is 5.82 Å². The standard InChI is InChI=1S/C18H20BrN5/c19-15-12-22-24-17(21-11-13-5-4-8-20-10-13)9-16(23-18(15)24)14-6-2-1-3-7-14/h4-5,8-10,12,14,21H,1-3,6-7,11H2. The van der Waals surface area contributed by atoms with Gasteiger partial charge in [0.25, 0.3) is 0 Å². The Morgan fingerprint density at radius 3 is 2.88 bits per heavy atom. The molecule has 6 heteroatoms. The van der Waals surface area contributed by atoms with Crippen LogP contribution in [0.2, 0.25) is 0 Å². The first-order valence-electron chi connectivity index (χ1n) is 8.48. The Hall–Kier alpha value is -1.95. The predicted octanol–water partition coefficient (Wildman–Crippen LogP) is 4.55. The summed E-state index contributed by atoms with van der Waals surface area (Å²) < 4.78 is 2.80. The summed E-state index contributed by atoms with van der Waals surface area (Å²) in [4.78, 5) is 9.05. The first-order valence-corrected chi connectivity index (χ1v) is 9.27. The fourth-order valence-corrected chi connectivity index (χ4v) is 3.73. The van der Waals surface area contributed by atoms with Gasteiger partial charge in [-0.3, -0.25) is 4.98 Å². The number of hydrogen-bond donors (Lipinski definition) is 1. The average Bonchev–Trinajstić information content (AvgIpc) is 3.02. The van der Waals surface area contributed by atoms with Gasteiger partial charge >= 0.3 is 0 Å². The lowest BCUT2D eigenvalue weighted by Gasteiger charge is -2.22. The highest BCUT2D eigenvalue weighted by Crippen LogP contribution is 2.33. The van der Waals surface area contributed by atoms with Crippen LogP contribution in [0.25, 0.3) is 5.65 Å². The van der Waals surface area contributed by atoms with E-state index in [1.165, 1.54) is 37.8 Å². The maximum Gasteiger partial charge on any atom is 0.171 e. The van der Waals surface area contributed by atoms with Crippen LogP contribution in [0.15, 0.2) is 41.3 Å². The molecule has 0 bridgehead atoms. The summed E-state index contributed by atoms with van der Waals surface area (Å²) in [6, 6.07) is 6.19. The predicted molar refractivity (Wildman–Crippen MR) is 98.1 cm³/mol. The van der Waals surface area contributed by atoms with E-state index in [0.717, 1.165) is 21.5 Å². The summed E-state index contributed by atoms with van der Waals surface area (Å²) in [5, 5.41) is 7.94. The molecule has 1 saturated carbocycles. The van der Waals surface area contributed by atoms with Gasteiger partial charge in [0.15, 0.2) is 5.65 Å². The molecular weight excluding hydrogens is 366 g/mol. The van der Waals surface area contributed by atoms with Crippen LogP contribution in [0, 0.1) is 0 Å². The van der Waals surface area contributed by atoms with E-state index in [1.807, 2.05) is 23.0 Å². The van der Waals surface area contributed by atoms with Crippen LogP contribution in [0.4, 0.5) is 5.82 Å². The van der Waals surface area contributed by atoms with E-state index in [9.17, 15) is 0 Å². The molecule has 3 aromatic rings. The maximum absolute atomic E-state index is 4.88. The Balaban J connectivity index is 1.67. The fourth-order valence-electron chi connectivity index (χ4n) is 3.38. The Morgan fingerprint density at radius 2 is 2.08 bits per heavy atom. The molecule has 0 amide bonds. The molecule has 1 aliphatic rings. The molecule has 3 heterocycles. The highest BCUT2D eigenvalue weighted by Gasteiger charge is 2.19. The second kappa shape index (κ2) is 6.89. The minimum absolute atomic E-state index is 0.560. The van der Waals surface area contributed by atoms with Gasteiger partial charge in [0.2, 0.25) is 0 Å². The molecule has 124 valence electrons. The summed E-state index contributed by atoms with van der Waals surface area (Å²) in [6.45, 7) is 0.717. The van der Waals surface area contributed by atoms with Crippen molar-refractivity contribution in [2.45, 2.75) is 44.6 Å². The number of pyridine rings is 1. The highest BCUT2D eigenvalue weighted by molar-refractivity contribution is 9.10. The zero-order chi connectivity index (χ0) is 16.4. The van der Waals surface area contributed by atoms with Gasteiger partial charge in [-0.25, -0.2) is 4.98 Å². The summed E-state index contributed by atoms with van der Waals surface area (Å²) >= 11 is 3.57. The lowest BCUT2D eigenvalue weighted by Crippen LogP contribution is -2.11. The fraction of sp³-hybridized carbons (Fsp3) is 0.389. The van der Waals surface area contributed by atoms with Crippen molar-refractivity contribution in [3.8, 4) is 0 Å². The molecule has 0 unspecified atom stereocenters. The van der Waals surface area contributed by atoms with E-state index in [4.69, 9.17) is 4.98 Å². The van der Waals surface area contributed by atoms with Crippen molar-refractivity contribution in [2.75, 3.05) is 5.32 Å². The molecule has 0 spiro atoms. The van der Waals surface area contributed by atoms with Gasteiger partial charge in [-0.05, 0) is 40.4 Å². The summed E-state index contributed by atoms with van der Waals surface area (Å²) in [6.07, 6.45) is 11.9. The minimum Gasteiger partial charge on any atom is -0.366 e. The maximum atomic E-state index is 4.88. The minimum atomic E-state index is 0.560. The Morgan fingerprint density at radius 1 is 1.21 bits per heavy atom. The van der Waals surface area contributed by atoms with Gasteiger partial charge in [-0.2, -0.15) is 9.61 Å². The molecular formula is C18H20BrN5. The van der Waals surface area contributed by atoms with E-state index >= 15 is 0 Å². The smallest absolute Gasteiger partial charge is 0.171 e. The molecule has 0 aliphatic heterocycles. The number of rotatable bonds is 4. The number of nitrogens with one attached hydrogen (secondary N) is 1. The number of hydrogen-bond acceptors (Lipinski definition) is 4. The first-order chi connectivity index (χ1) is 11.8. The topological polar surface area (TPSA) is 55.1 Å². The summed E-state index contributed by atoms with van der Waals surface area (Å²) in [5.41, 5.74) is 3.21. The monoisotopic (exact) mass is 385 g/mol. The number of halogens is 1. The number of aromatic nitrogens is 4. The van der Waals surface area contributed by atoms with Gasteiger partial charge in [0.05, 0.1) is 10.7 Å². The first kappa shape index (κ1) is 15.6.